The third-order valence-corrected chi connectivity index (χ3v) is 17.2. The number of aliphatic hydroxyl groups excluding tert-OH is 7. The smallest absolute Gasteiger partial charge is 0.249 e. The molecule has 0 radical (unpaired) electrons. The monoisotopic (exact) mass is 1160 g/mol. The van der Waals surface area contributed by atoms with Crippen LogP contribution in [-0.4, -0.2) is 110 Å². The second kappa shape index (κ2) is 59.7. The minimum Gasteiger partial charge on any atom is -0.394 e. The minimum absolute atomic E-state index is 0.243. The normalized spacial score (nSPS) is 19.3. The Bertz CT molecular complexity index is 1430. The van der Waals surface area contributed by atoms with Gasteiger partial charge in [-0.3, -0.25) is 4.79 Å². The Labute approximate surface area is 505 Å². The number of hydrogen-bond donors (Lipinski definition) is 8. The fourth-order valence-corrected chi connectivity index (χ4v) is 11.5. The van der Waals surface area contributed by atoms with E-state index in [-0.39, 0.29) is 12.8 Å². The molecule has 0 aromatic carbocycles. The van der Waals surface area contributed by atoms with Crippen molar-refractivity contribution in [1.82, 2.24) is 5.32 Å². The molecular formula is C71H135NO10. The molecule has 9 unspecified atom stereocenters. The maximum absolute atomic E-state index is 13.2. The molecule has 1 heterocycles. The Balaban J connectivity index is 2.23. The van der Waals surface area contributed by atoms with E-state index in [1.165, 1.54) is 250 Å². The van der Waals surface area contributed by atoms with E-state index in [1.807, 2.05) is 0 Å². The van der Waals surface area contributed by atoms with Gasteiger partial charge in [0.25, 0.3) is 0 Å². The molecule has 9 atom stereocenters. The first-order chi connectivity index (χ1) is 40.2. The minimum atomic E-state index is -1.67. The lowest BCUT2D eigenvalue weighted by molar-refractivity contribution is -0.303. The summed E-state index contributed by atoms with van der Waals surface area (Å²) in [5, 5.41) is 76.5. The quantitative estimate of drug-likeness (QED) is 0.0215. The van der Waals surface area contributed by atoms with Crippen LogP contribution in [0.15, 0.2) is 36.5 Å². The molecule has 0 aromatic rings. The number of carbonyl (C=O) groups excluding carboxylic acids is 1. The van der Waals surface area contributed by atoms with Gasteiger partial charge in [-0.15, -0.1) is 0 Å². The lowest BCUT2D eigenvalue weighted by Gasteiger charge is -2.40. The fourth-order valence-electron chi connectivity index (χ4n) is 11.5. The maximum atomic E-state index is 13.2. The van der Waals surface area contributed by atoms with Crippen molar-refractivity contribution in [2.24, 2.45) is 0 Å². The summed E-state index contributed by atoms with van der Waals surface area (Å²) in [5.41, 5.74) is 0. The van der Waals surface area contributed by atoms with Gasteiger partial charge in [0, 0.05) is 0 Å². The van der Waals surface area contributed by atoms with Crippen molar-refractivity contribution in [2.45, 2.75) is 396 Å². The summed E-state index contributed by atoms with van der Waals surface area (Å²) in [6, 6.07) is -1.19. The first kappa shape index (κ1) is 78.3. The number of allylic oxidation sites excluding steroid dienone is 6. The van der Waals surface area contributed by atoms with Crippen LogP contribution < -0.4 is 5.32 Å². The van der Waals surface area contributed by atoms with Crippen molar-refractivity contribution in [3.63, 3.8) is 0 Å². The van der Waals surface area contributed by atoms with Crippen LogP contribution in [-0.2, 0) is 14.3 Å². The van der Waals surface area contributed by atoms with Crippen LogP contribution in [0.5, 0.6) is 0 Å². The Morgan fingerprint density at radius 2 is 0.732 bits per heavy atom. The highest BCUT2D eigenvalue weighted by Gasteiger charge is 2.44. The van der Waals surface area contributed by atoms with Gasteiger partial charge in [-0.2, -0.15) is 0 Å². The highest BCUT2D eigenvalue weighted by molar-refractivity contribution is 5.80. The molecule has 1 fully saturated rings. The van der Waals surface area contributed by atoms with Crippen molar-refractivity contribution in [2.75, 3.05) is 13.2 Å². The molecule has 82 heavy (non-hydrogen) atoms. The molecule has 8 N–H and O–H groups in total. The van der Waals surface area contributed by atoms with Gasteiger partial charge in [-0.1, -0.05) is 314 Å². The van der Waals surface area contributed by atoms with E-state index in [9.17, 15) is 40.5 Å². The number of ether oxygens (including phenoxy) is 2. The van der Waals surface area contributed by atoms with E-state index >= 15 is 0 Å². The van der Waals surface area contributed by atoms with Crippen LogP contribution in [0.25, 0.3) is 0 Å². The average molecular weight is 1160 g/mol. The third-order valence-electron chi connectivity index (χ3n) is 17.2. The van der Waals surface area contributed by atoms with Crippen LogP contribution in [0.4, 0.5) is 0 Å². The largest absolute Gasteiger partial charge is 0.394 e. The zero-order valence-electron chi connectivity index (χ0n) is 53.5. The number of unbranched alkanes of at least 4 members (excludes halogenated alkanes) is 44. The van der Waals surface area contributed by atoms with E-state index in [0.29, 0.717) is 19.3 Å². The van der Waals surface area contributed by atoms with Gasteiger partial charge in [-0.25, -0.2) is 0 Å². The zero-order valence-corrected chi connectivity index (χ0v) is 53.5. The molecule has 484 valence electrons. The molecule has 1 aliphatic rings. The highest BCUT2D eigenvalue weighted by atomic mass is 16.7. The van der Waals surface area contributed by atoms with Gasteiger partial charge in [-0.05, 0) is 64.2 Å². The van der Waals surface area contributed by atoms with Gasteiger partial charge < -0.3 is 50.5 Å². The second-order valence-corrected chi connectivity index (χ2v) is 24.9. The summed E-state index contributed by atoms with van der Waals surface area (Å²) in [7, 11) is 0. The Kier molecular flexibility index (Phi) is 57.0. The summed E-state index contributed by atoms with van der Waals surface area (Å²) < 4.78 is 11.2. The number of amides is 1. The van der Waals surface area contributed by atoms with Crippen molar-refractivity contribution < 1.29 is 50.0 Å². The number of rotatable bonds is 62. The molecule has 0 spiro atoms. The van der Waals surface area contributed by atoms with E-state index in [2.05, 4.69) is 55.6 Å². The Morgan fingerprint density at radius 3 is 1.09 bits per heavy atom. The van der Waals surface area contributed by atoms with E-state index in [1.54, 1.807) is 0 Å². The Hall–Kier alpha value is -1.67. The van der Waals surface area contributed by atoms with Crippen molar-refractivity contribution in [3.8, 4) is 0 Å². The Morgan fingerprint density at radius 1 is 0.415 bits per heavy atom. The first-order valence-corrected chi connectivity index (χ1v) is 35.4. The maximum Gasteiger partial charge on any atom is 0.249 e. The molecule has 0 saturated carbocycles. The topological polar surface area (TPSA) is 189 Å². The lowest BCUT2D eigenvalue weighted by Crippen LogP contribution is -2.60. The summed E-state index contributed by atoms with van der Waals surface area (Å²) >= 11 is 0. The average Bonchev–Trinajstić information content (AvgIpc) is 3.48. The predicted octanol–water partition coefficient (Wildman–Crippen LogP) is 17.0. The summed E-state index contributed by atoms with van der Waals surface area (Å²) in [4.78, 5) is 13.2. The predicted molar refractivity (Wildman–Crippen MR) is 344 cm³/mol. The molecule has 1 aliphatic heterocycles. The van der Waals surface area contributed by atoms with Gasteiger partial charge in [0.1, 0.15) is 36.6 Å². The molecule has 0 bridgehead atoms. The summed E-state index contributed by atoms with van der Waals surface area (Å²) in [6.07, 6.45) is 65.2. The summed E-state index contributed by atoms with van der Waals surface area (Å²) in [5.74, 6) is -0.706. The number of carbonyl (C=O) groups is 1. The number of hydrogen-bond acceptors (Lipinski definition) is 10. The van der Waals surface area contributed by atoms with Crippen LogP contribution in [0.1, 0.15) is 341 Å². The van der Waals surface area contributed by atoms with Crippen molar-refractivity contribution in [3.05, 3.63) is 36.5 Å². The fraction of sp³-hybridized carbons (Fsp3) is 0.901. The SMILES string of the molecule is CCCCCCCCCCCCCCCCCCCC/C=C/CC/C=C/CC/C=C/CCCC(O)C(O)C(COC1OC(CO)C(O)C(O)C1O)NC(=O)C(O)CCCCCCCCCCCCCCCCCCCCCCCCCC. The van der Waals surface area contributed by atoms with E-state index < -0.39 is 74.2 Å². The molecular weight excluding hydrogens is 1030 g/mol. The molecule has 0 aliphatic carbocycles. The van der Waals surface area contributed by atoms with E-state index in [0.717, 1.165) is 44.9 Å². The lowest BCUT2D eigenvalue weighted by atomic mass is 9.98. The van der Waals surface area contributed by atoms with Gasteiger partial charge in [0.2, 0.25) is 5.91 Å². The van der Waals surface area contributed by atoms with Crippen LogP contribution in [0.3, 0.4) is 0 Å². The van der Waals surface area contributed by atoms with E-state index in [4.69, 9.17) is 9.47 Å². The van der Waals surface area contributed by atoms with Crippen molar-refractivity contribution >= 4 is 5.91 Å². The second-order valence-electron chi connectivity index (χ2n) is 24.9. The zero-order chi connectivity index (χ0) is 59.6. The van der Waals surface area contributed by atoms with Crippen LogP contribution in [0, 0.1) is 0 Å². The molecule has 11 heteroatoms. The van der Waals surface area contributed by atoms with Gasteiger partial charge in [0.15, 0.2) is 6.29 Å². The van der Waals surface area contributed by atoms with Crippen LogP contribution >= 0.6 is 0 Å². The first-order valence-electron chi connectivity index (χ1n) is 35.4. The number of nitrogens with one attached hydrogen (secondary N) is 1. The van der Waals surface area contributed by atoms with Gasteiger partial charge >= 0.3 is 0 Å². The summed E-state index contributed by atoms with van der Waals surface area (Å²) in [6.45, 7) is 3.49. The number of aliphatic hydroxyl groups is 7. The third kappa shape index (κ3) is 46.5. The standard InChI is InChI=1S/C71H135NO10/c1-3-5-7-9-11-13-15-17-19-21-23-25-27-29-30-31-32-33-34-35-37-38-40-42-44-46-48-50-52-54-56-58-63(74)66(76)62(61-81-71-69(79)68(78)67(77)65(60-73)82-71)72-70(80)64(75)59-57-55-53-51-49-47-45-43-41-39-36-28-26-24-22-20-18-16-14-12-10-8-6-4-2/h35,37,42,44,50,52,62-69,71,73-79H,3-34,36,38-41,43,45-49,51,53-61H2,1-2H3,(H,72,80)/b37-35+,44-42+,52-50+. The van der Waals surface area contributed by atoms with Crippen LogP contribution in [0.2, 0.25) is 0 Å². The molecule has 1 saturated heterocycles. The molecule has 0 aromatic heterocycles. The molecule has 1 rings (SSSR count). The highest BCUT2D eigenvalue weighted by Crippen LogP contribution is 2.24. The van der Waals surface area contributed by atoms with Gasteiger partial charge in [0.05, 0.1) is 25.4 Å². The van der Waals surface area contributed by atoms with Crippen molar-refractivity contribution in [1.29, 1.82) is 0 Å². The molecule has 11 nitrogen and oxygen atoms in total. The molecule has 1 amide bonds.